The molecular weight excluding hydrogens is 228 g/mol. The Morgan fingerprint density at radius 2 is 2.44 bits per heavy atom. The topological polar surface area (TPSA) is 82.2 Å². The van der Waals surface area contributed by atoms with E-state index in [1.54, 1.807) is 12.1 Å². The molecule has 1 aromatic rings. The highest BCUT2D eigenvalue weighted by atomic mass is 16.1. The number of carbonyl (C=O) groups excluding carboxylic acids is 1. The molecule has 0 saturated carbocycles. The number of primary amides is 1. The van der Waals surface area contributed by atoms with Gasteiger partial charge in [0.1, 0.15) is 6.04 Å². The van der Waals surface area contributed by atoms with Crippen LogP contribution in [0.25, 0.3) is 0 Å². The van der Waals surface area contributed by atoms with Crippen LogP contribution in [0.5, 0.6) is 0 Å². The molecular formula is C13H16N4O. The number of rotatable bonds is 3. The number of benzene rings is 1. The third-order valence-electron chi connectivity index (χ3n) is 3.10. The van der Waals surface area contributed by atoms with Crippen LogP contribution >= 0.6 is 0 Å². The molecule has 1 fully saturated rings. The van der Waals surface area contributed by atoms with Crippen molar-refractivity contribution in [3.8, 4) is 6.07 Å². The van der Waals surface area contributed by atoms with Crippen LogP contribution in [0.3, 0.4) is 0 Å². The van der Waals surface area contributed by atoms with E-state index in [4.69, 9.17) is 11.0 Å². The smallest absolute Gasteiger partial charge is 0.248 e. The first-order chi connectivity index (χ1) is 8.70. The Kier molecular flexibility index (Phi) is 3.92. The summed E-state index contributed by atoms with van der Waals surface area (Å²) in [5.41, 5.74) is 6.77. The first-order valence-corrected chi connectivity index (χ1v) is 5.94. The van der Waals surface area contributed by atoms with Crippen molar-refractivity contribution < 1.29 is 4.79 Å². The van der Waals surface area contributed by atoms with E-state index in [0.29, 0.717) is 18.7 Å². The van der Waals surface area contributed by atoms with Gasteiger partial charge in [0.15, 0.2) is 0 Å². The molecule has 3 N–H and O–H groups in total. The summed E-state index contributed by atoms with van der Waals surface area (Å²) < 4.78 is 0. The van der Waals surface area contributed by atoms with Gasteiger partial charge in [-0.2, -0.15) is 5.26 Å². The molecule has 1 aliphatic heterocycles. The van der Waals surface area contributed by atoms with E-state index < -0.39 is 5.91 Å². The lowest BCUT2D eigenvalue weighted by molar-refractivity contribution is 0.1000. The third kappa shape index (κ3) is 2.86. The van der Waals surface area contributed by atoms with E-state index in [1.807, 2.05) is 12.1 Å². The first-order valence-electron chi connectivity index (χ1n) is 5.94. The molecule has 5 nitrogen and oxygen atoms in total. The van der Waals surface area contributed by atoms with Crippen LogP contribution in [0.1, 0.15) is 15.9 Å². The number of hydrogen-bond donors (Lipinski definition) is 2. The Morgan fingerprint density at radius 3 is 3.17 bits per heavy atom. The fourth-order valence-corrected chi connectivity index (χ4v) is 2.12. The van der Waals surface area contributed by atoms with Crippen molar-refractivity contribution >= 4 is 5.91 Å². The van der Waals surface area contributed by atoms with Gasteiger partial charge in [0.25, 0.3) is 0 Å². The van der Waals surface area contributed by atoms with Gasteiger partial charge in [-0.1, -0.05) is 12.1 Å². The number of amides is 1. The second-order valence-electron chi connectivity index (χ2n) is 4.38. The van der Waals surface area contributed by atoms with E-state index in [-0.39, 0.29) is 6.04 Å². The molecule has 1 atom stereocenters. The number of carbonyl (C=O) groups is 1. The lowest BCUT2D eigenvalue weighted by Gasteiger charge is -2.31. The minimum atomic E-state index is -0.422. The average Bonchev–Trinajstić information content (AvgIpc) is 2.39. The summed E-state index contributed by atoms with van der Waals surface area (Å²) in [7, 11) is 0. The zero-order valence-corrected chi connectivity index (χ0v) is 10.1. The van der Waals surface area contributed by atoms with Crippen LogP contribution in [-0.2, 0) is 6.54 Å². The molecule has 5 heteroatoms. The number of nitrogens with zero attached hydrogens (tertiary/aromatic N) is 2. The third-order valence-corrected chi connectivity index (χ3v) is 3.10. The summed E-state index contributed by atoms with van der Waals surface area (Å²) in [5, 5.41) is 12.3. The quantitative estimate of drug-likeness (QED) is 0.789. The minimum absolute atomic E-state index is 0.115. The highest BCUT2D eigenvalue weighted by Gasteiger charge is 2.21. The van der Waals surface area contributed by atoms with E-state index in [2.05, 4.69) is 16.3 Å². The van der Waals surface area contributed by atoms with E-state index >= 15 is 0 Å². The van der Waals surface area contributed by atoms with Gasteiger partial charge in [-0.3, -0.25) is 9.69 Å². The van der Waals surface area contributed by atoms with Crippen molar-refractivity contribution in [1.29, 1.82) is 5.26 Å². The maximum atomic E-state index is 11.1. The minimum Gasteiger partial charge on any atom is -0.366 e. The maximum absolute atomic E-state index is 11.1. The second kappa shape index (κ2) is 5.63. The maximum Gasteiger partial charge on any atom is 0.248 e. The molecule has 1 saturated heterocycles. The summed E-state index contributed by atoms with van der Waals surface area (Å²) >= 11 is 0. The van der Waals surface area contributed by atoms with Gasteiger partial charge >= 0.3 is 0 Å². The van der Waals surface area contributed by atoms with Crippen LogP contribution in [-0.4, -0.2) is 36.5 Å². The molecule has 0 bridgehead atoms. The summed E-state index contributed by atoms with van der Waals surface area (Å²) in [6.45, 7) is 3.07. The molecule has 0 spiro atoms. The predicted molar refractivity (Wildman–Crippen MR) is 67.6 cm³/mol. The Hall–Kier alpha value is -1.90. The summed E-state index contributed by atoms with van der Waals surface area (Å²) in [5.74, 6) is -0.422. The largest absolute Gasteiger partial charge is 0.366 e. The number of nitrogens with two attached hydrogens (primary N) is 1. The van der Waals surface area contributed by atoms with Crippen molar-refractivity contribution in [2.24, 2.45) is 5.73 Å². The van der Waals surface area contributed by atoms with E-state index in [0.717, 1.165) is 18.7 Å². The fraction of sp³-hybridized carbons (Fsp3) is 0.385. The Labute approximate surface area is 106 Å². The number of nitrogens with one attached hydrogen (secondary N) is 1. The molecule has 2 rings (SSSR count). The van der Waals surface area contributed by atoms with Crippen LogP contribution < -0.4 is 11.1 Å². The zero-order valence-electron chi connectivity index (χ0n) is 10.1. The molecule has 0 aromatic heterocycles. The molecule has 1 unspecified atom stereocenters. The van der Waals surface area contributed by atoms with Crippen LogP contribution in [0, 0.1) is 11.3 Å². The fourth-order valence-electron chi connectivity index (χ4n) is 2.12. The number of piperazine rings is 1. The Morgan fingerprint density at radius 1 is 1.61 bits per heavy atom. The summed E-state index contributed by atoms with van der Waals surface area (Å²) in [6, 6.07) is 9.42. The molecule has 0 aliphatic carbocycles. The lowest BCUT2D eigenvalue weighted by atomic mass is 10.1. The van der Waals surface area contributed by atoms with Gasteiger partial charge in [-0.15, -0.1) is 0 Å². The van der Waals surface area contributed by atoms with Crippen molar-refractivity contribution in [3.05, 3.63) is 35.4 Å². The van der Waals surface area contributed by atoms with E-state index in [9.17, 15) is 4.79 Å². The highest BCUT2D eigenvalue weighted by molar-refractivity contribution is 5.92. The van der Waals surface area contributed by atoms with Gasteiger partial charge < -0.3 is 11.1 Å². The predicted octanol–water partition coefficient (Wildman–Crippen LogP) is 0.0829. The van der Waals surface area contributed by atoms with Crippen LogP contribution in [0.4, 0.5) is 0 Å². The molecule has 0 radical (unpaired) electrons. The first kappa shape index (κ1) is 12.6. The van der Waals surface area contributed by atoms with Crippen molar-refractivity contribution in [3.63, 3.8) is 0 Å². The van der Waals surface area contributed by atoms with Gasteiger partial charge in [-0.05, 0) is 17.7 Å². The standard InChI is InChI=1S/C13H16N4O/c14-7-12-8-16-4-5-17(12)9-10-2-1-3-11(6-10)13(15)18/h1-3,6,12,16H,4-5,8-9H2,(H2,15,18). The van der Waals surface area contributed by atoms with Crippen LogP contribution in [0.2, 0.25) is 0 Å². The van der Waals surface area contributed by atoms with Crippen molar-refractivity contribution in [2.45, 2.75) is 12.6 Å². The summed E-state index contributed by atoms with van der Waals surface area (Å²) in [6.07, 6.45) is 0. The number of nitriles is 1. The van der Waals surface area contributed by atoms with Crippen molar-refractivity contribution in [1.82, 2.24) is 10.2 Å². The average molecular weight is 244 g/mol. The molecule has 1 amide bonds. The molecule has 1 aromatic carbocycles. The van der Waals surface area contributed by atoms with Gasteiger partial charge in [0, 0.05) is 31.7 Å². The Balaban J connectivity index is 2.10. The Bertz CT molecular complexity index is 480. The van der Waals surface area contributed by atoms with E-state index in [1.165, 1.54) is 0 Å². The monoisotopic (exact) mass is 244 g/mol. The van der Waals surface area contributed by atoms with Gasteiger partial charge in [-0.25, -0.2) is 0 Å². The zero-order chi connectivity index (χ0) is 13.0. The number of hydrogen-bond acceptors (Lipinski definition) is 4. The molecule has 1 aliphatic rings. The SMILES string of the molecule is N#CC1CNCCN1Cc1cccc(C(N)=O)c1. The van der Waals surface area contributed by atoms with Gasteiger partial charge in [0.2, 0.25) is 5.91 Å². The van der Waals surface area contributed by atoms with Crippen molar-refractivity contribution in [2.75, 3.05) is 19.6 Å². The molecule has 18 heavy (non-hydrogen) atoms. The highest BCUT2D eigenvalue weighted by Crippen LogP contribution is 2.11. The normalized spacial score (nSPS) is 20.3. The molecule has 94 valence electrons. The molecule has 1 heterocycles. The second-order valence-corrected chi connectivity index (χ2v) is 4.38. The summed E-state index contributed by atoms with van der Waals surface area (Å²) in [4.78, 5) is 13.2. The lowest BCUT2D eigenvalue weighted by Crippen LogP contribution is -2.49. The van der Waals surface area contributed by atoms with Gasteiger partial charge in [0.05, 0.1) is 6.07 Å². The van der Waals surface area contributed by atoms with Crippen LogP contribution in [0.15, 0.2) is 24.3 Å².